The van der Waals surface area contributed by atoms with Crippen LogP contribution >= 0.6 is 0 Å². The number of amides is 2. The molecule has 5 nitrogen and oxygen atoms in total. The standard InChI is InChI=1S/C16H19FN2O3/c17-12-4-6-13(7-5-12)19-16(22)9-8-15(21)18-10-11-2-1-3-14(11)20/h4-9,11,14,20H,1-3,10H2,(H,18,21)(H,19,22)/b9-8+. The maximum Gasteiger partial charge on any atom is 0.248 e. The van der Waals surface area contributed by atoms with Crippen LogP contribution in [0, 0.1) is 11.7 Å². The Morgan fingerprint density at radius 2 is 1.86 bits per heavy atom. The molecule has 1 aliphatic rings. The predicted octanol–water partition coefficient (Wildman–Crippen LogP) is 1.60. The lowest BCUT2D eigenvalue weighted by molar-refractivity contribution is -0.117. The topological polar surface area (TPSA) is 78.4 Å². The minimum Gasteiger partial charge on any atom is -0.393 e. The molecule has 0 radical (unpaired) electrons. The minimum absolute atomic E-state index is 0.0883. The summed E-state index contributed by atoms with van der Waals surface area (Å²) in [6.07, 6.45) is 4.54. The second-order valence-corrected chi connectivity index (χ2v) is 5.33. The molecule has 118 valence electrons. The Bertz CT molecular complexity index is 557. The summed E-state index contributed by atoms with van der Waals surface area (Å²) in [6.45, 7) is 0.407. The second kappa shape index (κ2) is 7.70. The van der Waals surface area contributed by atoms with Crippen molar-refractivity contribution in [3.8, 4) is 0 Å². The zero-order valence-electron chi connectivity index (χ0n) is 12.1. The van der Waals surface area contributed by atoms with Gasteiger partial charge in [0.15, 0.2) is 0 Å². The maximum atomic E-state index is 12.7. The van der Waals surface area contributed by atoms with Crippen molar-refractivity contribution in [2.24, 2.45) is 5.92 Å². The Morgan fingerprint density at radius 3 is 2.50 bits per heavy atom. The van der Waals surface area contributed by atoms with Gasteiger partial charge in [-0.2, -0.15) is 0 Å². The van der Waals surface area contributed by atoms with Crippen molar-refractivity contribution >= 4 is 17.5 Å². The van der Waals surface area contributed by atoms with Gasteiger partial charge in [-0.05, 0) is 37.1 Å². The molecule has 3 N–H and O–H groups in total. The summed E-state index contributed by atoms with van der Waals surface area (Å²) in [5.74, 6) is -1.15. The fraction of sp³-hybridized carbons (Fsp3) is 0.375. The molecule has 0 aromatic heterocycles. The Labute approximate surface area is 128 Å². The van der Waals surface area contributed by atoms with Gasteiger partial charge in [0.2, 0.25) is 11.8 Å². The average Bonchev–Trinajstić information content (AvgIpc) is 2.91. The summed E-state index contributed by atoms with van der Waals surface area (Å²) in [5, 5.41) is 14.8. The van der Waals surface area contributed by atoms with Gasteiger partial charge in [-0.25, -0.2) is 4.39 Å². The van der Waals surface area contributed by atoms with E-state index in [1.807, 2.05) is 0 Å². The number of benzene rings is 1. The number of carbonyl (C=O) groups is 2. The van der Waals surface area contributed by atoms with E-state index in [1.54, 1.807) is 0 Å². The Balaban J connectivity index is 1.74. The molecule has 1 aliphatic carbocycles. The van der Waals surface area contributed by atoms with Crippen LogP contribution in [-0.4, -0.2) is 29.6 Å². The van der Waals surface area contributed by atoms with Crippen LogP contribution < -0.4 is 10.6 Å². The van der Waals surface area contributed by atoms with Crippen LogP contribution in [0.4, 0.5) is 10.1 Å². The van der Waals surface area contributed by atoms with E-state index in [2.05, 4.69) is 10.6 Å². The van der Waals surface area contributed by atoms with Gasteiger partial charge in [-0.15, -0.1) is 0 Å². The van der Waals surface area contributed by atoms with Gasteiger partial charge in [0.25, 0.3) is 0 Å². The highest BCUT2D eigenvalue weighted by Crippen LogP contribution is 2.24. The van der Waals surface area contributed by atoms with E-state index in [9.17, 15) is 19.1 Å². The van der Waals surface area contributed by atoms with Crippen molar-refractivity contribution in [2.45, 2.75) is 25.4 Å². The van der Waals surface area contributed by atoms with Gasteiger partial charge in [-0.3, -0.25) is 9.59 Å². The second-order valence-electron chi connectivity index (χ2n) is 5.33. The molecule has 2 atom stereocenters. The summed E-state index contributed by atoms with van der Waals surface area (Å²) < 4.78 is 12.7. The molecule has 22 heavy (non-hydrogen) atoms. The Hall–Kier alpha value is -2.21. The number of aliphatic hydroxyl groups is 1. The lowest BCUT2D eigenvalue weighted by atomic mass is 10.1. The smallest absolute Gasteiger partial charge is 0.248 e. The van der Waals surface area contributed by atoms with Gasteiger partial charge in [0, 0.05) is 30.3 Å². The van der Waals surface area contributed by atoms with E-state index in [0.29, 0.717) is 12.2 Å². The van der Waals surface area contributed by atoms with Gasteiger partial charge < -0.3 is 15.7 Å². The monoisotopic (exact) mass is 306 g/mol. The van der Waals surface area contributed by atoms with Crippen LogP contribution in [-0.2, 0) is 9.59 Å². The summed E-state index contributed by atoms with van der Waals surface area (Å²) in [5.41, 5.74) is 0.450. The fourth-order valence-electron chi connectivity index (χ4n) is 2.41. The molecule has 1 fully saturated rings. The predicted molar refractivity (Wildman–Crippen MR) is 80.5 cm³/mol. The van der Waals surface area contributed by atoms with Gasteiger partial charge >= 0.3 is 0 Å². The molecule has 0 aliphatic heterocycles. The fourth-order valence-corrected chi connectivity index (χ4v) is 2.41. The summed E-state index contributed by atoms with van der Waals surface area (Å²) in [4.78, 5) is 23.2. The molecule has 6 heteroatoms. The largest absolute Gasteiger partial charge is 0.393 e. The molecule has 0 bridgehead atoms. The molecule has 0 saturated heterocycles. The molecule has 2 rings (SSSR count). The third-order valence-electron chi connectivity index (χ3n) is 3.66. The lowest BCUT2D eigenvalue weighted by Gasteiger charge is -2.13. The molecular formula is C16H19FN2O3. The number of halogens is 1. The molecule has 0 spiro atoms. The van der Waals surface area contributed by atoms with E-state index >= 15 is 0 Å². The highest BCUT2D eigenvalue weighted by atomic mass is 19.1. The summed E-state index contributed by atoms with van der Waals surface area (Å²) in [6, 6.07) is 5.34. The number of rotatable bonds is 5. The number of nitrogens with one attached hydrogen (secondary N) is 2. The van der Waals surface area contributed by atoms with Crippen molar-refractivity contribution in [1.29, 1.82) is 0 Å². The highest BCUT2D eigenvalue weighted by molar-refractivity contribution is 6.03. The van der Waals surface area contributed by atoms with Gasteiger partial charge in [0.05, 0.1) is 6.10 Å². The number of aliphatic hydroxyl groups excluding tert-OH is 1. The van der Waals surface area contributed by atoms with Crippen LogP contribution in [0.15, 0.2) is 36.4 Å². The minimum atomic E-state index is -0.470. The average molecular weight is 306 g/mol. The van der Waals surface area contributed by atoms with Gasteiger partial charge in [0.1, 0.15) is 5.82 Å². The first-order valence-electron chi connectivity index (χ1n) is 7.25. The van der Waals surface area contributed by atoms with Crippen molar-refractivity contribution < 1.29 is 19.1 Å². The zero-order chi connectivity index (χ0) is 15.9. The van der Waals surface area contributed by atoms with E-state index < -0.39 is 5.91 Å². The first kappa shape index (κ1) is 16.2. The molecule has 1 aromatic rings. The lowest BCUT2D eigenvalue weighted by Crippen LogP contribution is -2.31. The van der Waals surface area contributed by atoms with Crippen LogP contribution in [0.5, 0.6) is 0 Å². The van der Waals surface area contributed by atoms with E-state index in [0.717, 1.165) is 31.4 Å². The van der Waals surface area contributed by atoms with E-state index in [-0.39, 0.29) is 23.7 Å². The number of hydrogen-bond acceptors (Lipinski definition) is 3. The molecular weight excluding hydrogens is 287 g/mol. The van der Waals surface area contributed by atoms with Crippen molar-refractivity contribution in [3.63, 3.8) is 0 Å². The zero-order valence-corrected chi connectivity index (χ0v) is 12.1. The quantitative estimate of drug-likeness (QED) is 0.723. The van der Waals surface area contributed by atoms with E-state index in [1.165, 1.54) is 24.3 Å². The third kappa shape index (κ3) is 4.96. The van der Waals surface area contributed by atoms with Crippen LogP contribution in [0.2, 0.25) is 0 Å². The third-order valence-corrected chi connectivity index (χ3v) is 3.66. The van der Waals surface area contributed by atoms with Crippen molar-refractivity contribution in [3.05, 3.63) is 42.2 Å². The van der Waals surface area contributed by atoms with Crippen LogP contribution in [0.3, 0.4) is 0 Å². The van der Waals surface area contributed by atoms with E-state index in [4.69, 9.17) is 0 Å². The molecule has 1 saturated carbocycles. The van der Waals surface area contributed by atoms with Crippen LogP contribution in [0.25, 0.3) is 0 Å². The SMILES string of the molecule is O=C(/C=C/C(=O)Nc1ccc(F)cc1)NCC1CCCC1O. The summed E-state index contributed by atoms with van der Waals surface area (Å²) >= 11 is 0. The van der Waals surface area contributed by atoms with Gasteiger partial charge in [-0.1, -0.05) is 6.42 Å². The van der Waals surface area contributed by atoms with Crippen LogP contribution in [0.1, 0.15) is 19.3 Å². The molecule has 2 amide bonds. The van der Waals surface area contributed by atoms with Crippen molar-refractivity contribution in [2.75, 3.05) is 11.9 Å². The Kier molecular flexibility index (Phi) is 5.66. The normalized spacial score (nSPS) is 21.0. The summed E-state index contributed by atoms with van der Waals surface area (Å²) in [7, 11) is 0. The molecule has 2 unspecified atom stereocenters. The molecule has 1 aromatic carbocycles. The number of hydrogen-bond donors (Lipinski definition) is 3. The first-order chi connectivity index (χ1) is 10.5. The number of anilines is 1. The molecule has 0 heterocycles. The van der Waals surface area contributed by atoms with Crippen molar-refractivity contribution in [1.82, 2.24) is 5.32 Å². The Morgan fingerprint density at radius 1 is 1.18 bits per heavy atom. The highest BCUT2D eigenvalue weighted by Gasteiger charge is 2.24. The number of carbonyl (C=O) groups excluding carboxylic acids is 2. The first-order valence-corrected chi connectivity index (χ1v) is 7.25. The maximum absolute atomic E-state index is 12.7.